The molecular weight excluding hydrogens is 304 g/mol. The number of carbonyl (C=O) groups excluding carboxylic acids is 1. The number of hydrogen-bond acceptors (Lipinski definition) is 3. The highest BCUT2D eigenvalue weighted by Gasteiger charge is 2.15. The fourth-order valence-corrected chi connectivity index (χ4v) is 1.47. The van der Waals surface area contributed by atoms with Gasteiger partial charge in [-0.05, 0) is 37.9 Å². The van der Waals surface area contributed by atoms with Crippen LogP contribution in [0.2, 0.25) is 0 Å². The van der Waals surface area contributed by atoms with Crippen LogP contribution in [0.3, 0.4) is 0 Å². The van der Waals surface area contributed by atoms with Crippen molar-refractivity contribution in [2.45, 2.75) is 12.5 Å². The fraction of sp³-hybridized carbons (Fsp3) is 0.286. The Balaban J connectivity index is 2.77. The molecule has 1 unspecified atom stereocenters. The van der Waals surface area contributed by atoms with Gasteiger partial charge in [0.25, 0.3) is 0 Å². The van der Waals surface area contributed by atoms with Crippen LogP contribution in [0, 0.1) is 0 Å². The first-order chi connectivity index (χ1) is 6.00. The lowest BCUT2D eigenvalue weighted by atomic mass is 10.2. The highest BCUT2D eigenvalue weighted by molar-refractivity contribution is 9.13. The summed E-state index contributed by atoms with van der Waals surface area (Å²) in [6.07, 6.45) is 0.0758. The maximum absolute atomic E-state index is 10.6. The molecule has 1 aromatic heterocycles. The van der Waals surface area contributed by atoms with Crippen molar-refractivity contribution in [2.75, 3.05) is 0 Å². The maximum Gasteiger partial charge on any atom is 0.219 e. The van der Waals surface area contributed by atoms with Gasteiger partial charge in [0.1, 0.15) is 5.76 Å². The van der Waals surface area contributed by atoms with Crippen molar-refractivity contribution < 1.29 is 9.21 Å². The highest BCUT2D eigenvalue weighted by atomic mass is 79.9. The first-order valence-corrected chi connectivity index (χ1v) is 5.08. The third kappa shape index (κ3) is 2.82. The summed E-state index contributed by atoms with van der Waals surface area (Å²) in [5, 5.41) is 0. The molecule has 0 fully saturated rings. The van der Waals surface area contributed by atoms with Crippen molar-refractivity contribution in [1.29, 1.82) is 0 Å². The van der Waals surface area contributed by atoms with E-state index in [1.807, 2.05) is 0 Å². The standard InChI is InChI=1S/C7H8Br2N2O2/c8-3-1-5(13-7(3)9)4(10)2-6(11)12/h1,4H,2,10H2,(H2,11,12). The quantitative estimate of drug-likeness (QED) is 0.891. The molecule has 72 valence electrons. The first-order valence-electron chi connectivity index (χ1n) is 3.49. The van der Waals surface area contributed by atoms with E-state index in [0.717, 1.165) is 4.47 Å². The molecule has 6 heteroatoms. The van der Waals surface area contributed by atoms with E-state index in [1.165, 1.54) is 0 Å². The largest absolute Gasteiger partial charge is 0.451 e. The molecule has 0 aliphatic rings. The minimum atomic E-state index is -0.486. The monoisotopic (exact) mass is 310 g/mol. The number of primary amides is 1. The Morgan fingerprint density at radius 1 is 1.62 bits per heavy atom. The third-order valence-corrected chi connectivity index (χ3v) is 3.16. The predicted octanol–water partition coefficient (Wildman–Crippen LogP) is 1.68. The fourth-order valence-electron chi connectivity index (χ4n) is 0.863. The van der Waals surface area contributed by atoms with Crippen molar-refractivity contribution >= 4 is 37.8 Å². The van der Waals surface area contributed by atoms with Crippen LogP contribution in [0.4, 0.5) is 0 Å². The number of furan rings is 1. The zero-order chi connectivity index (χ0) is 10.0. The van der Waals surface area contributed by atoms with Gasteiger partial charge < -0.3 is 15.9 Å². The number of rotatable bonds is 3. The molecule has 1 atom stereocenters. The Bertz CT molecular complexity index is 305. The van der Waals surface area contributed by atoms with Crippen LogP contribution in [-0.4, -0.2) is 5.91 Å². The van der Waals surface area contributed by atoms with Crippen LogP contribution >= 0.6 is 31.9 Å². The van der Waals surface area contributed by atoms with Crippen molar-refractivity contribution in [2.24, 2.45) is 11.5 Å². The Hall–Kier alpha value is -0.330. The van der Waals surface area contributed by atoms with Gasteiger partial charge >= 0.3 is 0 Å². The molecule has 0 radical (unpaired) electrons. The molecule has 0 saturated carbocycles. The van der Waals surface area contributed by atoms with E-state index in [0.29, 0.717) is 10.4 Å². The summed E-state index contributed by atoms with van der Waals surface area (Å²) < 4.78 is 6.54. The lowest BCUT2D eigenvalue weighted by Gasteiger charge is -2.03. The molecule has 0 saturated heterocycles. The molecule has 0 bridgehead atoms. The molecule has 0 spiro atoms. The van der Waals surface area contributed by atoms with Crippen molar-refractivity contribution in [1.82, 2.24) is 0 Å². The summed E-state index contributed by atoms with van der Waals surface area (Å²) in [5.74, 6) is 0.0775. The van der Waals surface area contributed by atoms with Crippen LogP contribution in [0.15, 0.2) is 19.6 Å². The van der Waals surface area contributed by atoms with Crippen LogP contribution < -0.4 is 11.5 Å². The van der Waals surface area contributed by atoms with Gasteiger partial charge in [0, 0.05) is 6.42 Å². The van der Waals surface area contributed by atoms with E-state index in [4.69, 9.17) is 15.9 Å². The van der Waals surface area contributed by atoms with Crippen molar-refractivity contribution in [3.63, 3.8) is 0 Å². The van der Waals surface area contributed by atoms with E-state index in [2.05, 4.69) is 31.9 Å². The van der Waals surface area contributed by atoms with Gasteiger partial charge in [0.15, 0.2) is 4.67 Å². The van der Waals surface area contributed by atoms with Crippen LogP contribution in [0.5, 0.6) is 0 Å². The highest BCUT2D eigenvalue weighted by Crippen LogP contribution is 2.29. The molecule has 1 amide bonds. The van der Waals surface area contributed by atoms with Crippen molar-refractivity contribution in [3.8, 4) is 0 Å². The van der Waals surface area contributed by atoms with E-state index in [1.54, 1.807) is 6.07 Å². The van der Waals surface area contributed by atoms with Crippen LogP contribution in [0.25, 0.3) is 0 Å². The molecule has 1 aromatic rings. The Labute approximate surface area is 91.9 Å². The Morgan fingerprint density at radius 3 is 2.62 bits per heavy atom. The molecule has 1 rings (SSSR count). The minimum Gasteiger partial charge on any atom is -0.451 e. The summed E-state index contributed by atoms with van der Waals surface area (Å²) in [5.41, 5.74) is 10.6. The summed E-state index contributed by atoms with van der Waals surface area (Å²) in [6, 6.07) is 1.22. The molecule has 1 heterocycles. The molecule has 4 N–H and O–H groups in total. The second kappa shape index (κ2) is 4.26. The molecular formula is C7H8Br2N2O2. The minimum absolute atomic E-state index is 0.0758. The van der Waals surface area contributed by atoms with Gasteiger partial charge in [-0.1, -0.05) is 0 Å². The SMILES string of the molecule is NC(=O)CC(N)c1cc(Br)c(Br)o1. The maximum atomic E-state index is 10.6. The van der Waals surface area contributed by atoms with Gasteiger partial charge in [0.05, 0.1) is 10.5 Å². The van der Waals surface area contributed by atoms with E-state index in [-0.39, 0.29) is 6.42 Å². The van der Waals surface area contributed by atoms with Crippen molar-refractivity contribution in [3.05, 3.63) is 21.0 Å². The molecule has 13 heavy (non-hydrogen) atoms. The van der Waals surface area contributed by atoms with Gasteiger partial charge in [-0.3, -0.25) is 4.79 Å². The molecule has 0 aliphatic heterocycles. The Morgan fingerprint density at radius 2 is 2.23 bits per heavy atom. The lowest BCUT2D eigenvalue weighted by Crippen LogP contribution is -2.20. The normalized spacial score (nSPS) is 12.8. The summed E-state index contributed by atoms with van der Waals surface area (Å²) >= 11 is 6.40. The summed E-state index contributed by atoms with van der Waals surface area (Å²) in [6.45, 7) is 0. The average molecular weight is 312 g/mol. The van der Waals surface area contributed by atoms with Gasteiger partial charge in [-0.2, -0.15) is 0 Å². The second-order valence-corrected chi connectivity index (χ2v) is 4.12. The average Bonchev–Trinajstić information content (AvgIpc) is 2.31. The van der Waals surface area contributed by atoms with Gasteiger partial charge in [0.2, 0.25) is 5.91 Å². The lowest BCUT2D eigenvalue weighted by molar-refractivity contribution is -0.118. The first kappa shape index (κ1) is 10.7. The number of nitrogens with two attached hydrogens (primary N) is 2. The van der Waals surface area contributed by atoms with Crippen LogP contribution in [-0.2, 0) is 4.79 Å². The smallest absolute Gasteiger partial charge is 0.219 e. The number of hydrogen-bond donors (Lipinski definition) is 2. The third-order valence-electron chi connectivity index (χ3n) is 1.45. The van der Waals surface area contributed by atoms with Gasteiger partial charge in [-0.15, -0.1) is 0 Å². The molecule has 0 aliphatic carbocycles. The predicted molar refractivity (Wildman–Crippen MR) is 54.8 cm³/mol. The summed E-state index contributed by atoms with van der Waals surface area (Å²) in [4.78, 5) is 10.6. The van der Waals surface area contributed by atoms with E-state index in [9.17, 15) is 4.79 Å². The zero-order valence-corrected chi connectivity index (χ0v) is 9.76. The Kier molecular flexibility index (Phi) is 3.52. The van der Waals surface area contributed by atoms with E-state index < -0.39 is 11.9 Å². The number of halogens is 2. The molecule has 0 aromatic carbocycles. The zero-order valence-electron chi connectivity index (χ0n) is 6.59. The van der Waals surface area contributed by atoms with Gasteiger partial charge in [-0.25, -0.2) is 0 Å². The van der Waals surface area contributed by atoms with E-state index >= 15 is 0 Å². The van der Waals surface area contributed by atoms with Crippen LogP contribution in [0.1, 0.15) is 18.2 Å². The number of amides is 1. The second-order valence-electron chi connectivity index (χ2n) is 2.55. The summed E-state index contributed by atoms with van der Waals surface area (Å²) in [7, 11) is 0. The number of carbonyl (C=O) groups is 1. The molecule has 4 nitrogen and oxygen atoms in total. The topological polar surface area (TPSA) is 82.2 Å².